The SMILES string of the molecule is CC(C)N1CCN(c2cccc(F)c2NC(=O)N2CCC(C)(c3cc(C4CC4)on3)CC2)CC1. The number of piperazine rings is 1. The minimum absolute atomic E-state index is 0.104. The van der Waals surface area contributed by atoms with Gasteiger partial charge >= 0.3 is 6.03 Å². The fraction of sp³-hybridized carbons (Fsp3) is 0.615. The Bertz CT molecular complexity index is 1020. The van der Waals surface area contributed by atoms with Gasteiger partial charge in [-0.05, 0) is 51.7 Å². The summed E-state index contributed by atoms with van der Waals surface area (Å²) in [6.07, 6.45) is 3.98. The van der Waals surface area contributed by atoms with E-state index in [-0.39, 0.29) is 17.1 Å². The predicted molar refractivity (Wildman–Crippen MR) is 131 cm³/mol. The number of hydrogen-bond acceptors (Lipinski definition) is 5. The van der Waals surface area contributed by atoms with E-state index in [2.05, 4.69) is 47.1 Å². The van der Waals surface area contributed by atoms with Crippen molar-refractivity contribution >= 4 is 17.4 Å². The van der Waals surface area contributed by atoms with Crippen LogP contribution >= 0.6 is 0 Å². The van der Waals surface area contributed by atoms with Crippen molar-refractivity contribution in [2.45, 2.75) is 63.8 Å². The van der Waals surface area contributed by atoms with Gasteiger partial charge in [0.25, 0.3) is 0 Å². The molecule has 1 N–H and O–H groups in total. The number of aromatic nitrogens is 1. The second kappa shape index (κ2) is 9.21. The zero-order valence-electron chi connectivity index (χ0n) is 20.5. The molecule has 2 aromatic rings. The van der Waals surface area contributed by atoms with Crippen molar-refractivity contribution in [3.8, 4) is 0 Å². The Balaban J connectivity index is 1.23. The Morgan fingerprint density at radius 1 is 1.15 bits per heavy atom. The van der Waals surface area contributed by atoms with E-state index in [9.17, 15) is 9.18 Å². The zero-order valence-corrected chi connectivity index (χ0v) is 20.5. The third-order valence-corrected chi connectivity index (χ3v) is 7.89. The number of halogens is 1. The summed E-state index contributed by atoms with van der Waals surface area (Å²) in [5.41, 5.74) is 1.93. The quantitative estimate of drug-likeness (QED) is 0.681. The number of rotatable bonds is 5. The van der Waals surface area contributed by atoms with Gasteiger partial charge in [-0.1, -0.05) is 18.1 Å². The molecule has 2 saturated heterocycles. The first-order valence-electron chi connectivity index (χ1n) is 12.6. The van der Waals surface area contributed by atoms with E-state index in [1.165, 1.54) is 18.9 Å². The van der Waals surface area contributed by atoms with E-state index in [4.69, 9.17) is 4.52 Å². The van der Waals surface area contributed by atoms with Gasteiger partial charge in [-0.25, -0.2) is 9.18 Å². The topological polar surface area (TPSA) is 64.8 Å². The Kier molecular flexibility index (Phi) is 6.27. The Hall–Kier alpha value is -2.61. The van der Waals surface area contributed by atoms with E-state index in [1.807, 2.05) is 6.07 Å². The minimum atomic E-state index is -0.394. The summed E-state index contributed by atoms with van der Waals surface area (Å²) in [6, 6.07) is 7.40. The summed E-state index contributed by atoms with van der Waals surface area (Å²) in [6.45, 7) is 11.3. The molecule has 0 unspecified atom stereocenters. The van der Waals surface area contributed by atoms with Crippen LogP contribution in [0.1, 0.15) is 63.8 Å². The summed E-state index contributed by atoms with van der Waals surface area (Å²) in [5.74, 6) is 1.14. The standard InChI is InChI=1S/C26H36FN5O2/c1-18(2)30-13-15-31(16-14-30)21-6-4-5-20(27)24(21)28-25(33)32-11-9-26(3,10-12-32)23-17-22(34-29-23)19-7-8-19/h4-6,17-19H,7-16H2,1-3H3,(H,28,33). The van der Waals surface area contributed by atoms with E-state index < -0.39 is 5.82 Å². The maximum Gasteiger partial charge on any atom is 0.321 e. The molecule has 184 valence electrons. The van der Waals surface area contributed by atoms with Crippen LogP contribution in [0.25, 0.3) is 0 Å². The van der Waals surface area contributed by atoms with Crippen molar-refractivity contribution in [1.82, 2.24) is 15.0 Å². The van der Waals surface area contributed by atoms with Gasteiger partial charge in [0.1, 0.15) is 17.3 Å². The van der Waals surface area contributed by atoms with Gasteiger partial charge < -0.3 is 19.6 Å². The van der Waals surface area contributed by atoms with Crippen molar-refractivity contribution in [1.29, 1.82) is 0 Å². The highest BCUT2D eigenvalue weighted by Crippen LogP contribution is 2.43. The molecular weight excluding hydrogens is 433 g/mol. The molecule has 2 aliphatic heterocycles. The van der Waals surface area contributed by atoms with Crippen molar-refractivity contribution in [3.63, 3.8) is 0 Å². The van der Waals surface area contributed by atoms with Crippen LogP contribution in [0.15, 0.2) is 28.8 Å². The molecule has 1 saturated carbocycles. The normalized spacial score (nSPS) is 21.2. The highest BCUT2D eigenvalue weighted by molar-refractivity contribution is 5.93. The van der Waals surface area contributed by atoms with Gasteiger partial charge in [0.15, 0.2) is 0 Å². The lowest BCUT2D eigenvalue weighted by Crippen LogP contribution is -2.49. The number of amides is 2. The van der Waals surface area contributed by atoms with Crippen molar-refractivity contribution in [2.75, 3.05) is 49.5 Å². The third-order valence-electron chi connectivity index (χ3n) is 7.89. The van der Waals surface area contributed by atoms with Crippen LogP contribution in [-0.4, -0.2) is 66.3 Å². The van der Waals surface area contributed by atoms with Gasteiger partial charge in [-0.15, -0.1) is 0 Å². The van der Waals surface area contributed by atoms with Gasteiger partial charge in [0, 0.05) is 62.7 Å². The van der Waals surface area contributed by atoms with Crippen molar-refractivity contribution < 1.29 is 13.7 Å². The van der Waals surface area contributed by atoms with Crippen LogP contribution in [0.3, 0.4) is 0 Å². The molecular formula is C26H36FN5O2. The molecule has 3 fully saturated rings. The van der Waals surface area contributed by atoms with Gasteiger partial charge in [0.2, 0.25) is 0 Å². The summed E-state index contributed by atoms with van der Waals surface area (Å²) in [5, 5.41) is 7.25. The lowest BCUT2D eigenvalue weighted by atomic mass is 9.77. The fourth-order valence-electron chi connectivity index (χ4n) is 5.16. The van der Waals surface area contributed by atoms with Crippen LogP contribution in [-0.2, 0) is 5.41 Å². The molecule has 1 aromatic carbocycles. The number of nitrogens with zero attached hydrogens (tertiary/aromatic N) is 4. The number of carbonyl (C=O) groups excluding carboxylic acids is 1. The van der Waals surface area contributed by atoms with Crippen LogP contribution in [0.2, 0.25) is 0 Å². The molecule has 7 nitrogen and oxygen atoms in total. The lowest BCUT2D eigenvalue weighted by molar-refractivity contribution is 0.170. The first kappa shape index (κ1) is 23.1. The monoisotopic (exact) mass is 469 g/mol. The van der Waals surface area contributed by atoms with Crippen LogP contribution in [0, 0.1) is 5.82 Å². The molecule has 0 spiro atoms. The molecule has 5 rings (SSSR count). The first-order valence-corrected chi connectivity index (χ1v) is 12.6. The molecule has 34 heavy (non-hydrogen) atoms. The van der Waals surface area contributed by atoms with Crippen molar-refractivity contribution in [2.24, 2.45) is 0 Å². The molecule has 3 aliphatic rings. The minimum Gasteiger partial charge on any atom is -0.367 e. The molecule has 0 radical (unpaired) electrons. The lowest BCUT2D eigenvalue weighted by Gasteiger charge is -2.39. The maximum atomic E-state index is 14.9. The molecule has 2 amide bonds. The Morgan fingerprint density at radius 3 is 2.50 bits per heavy atom. The molecule has 0 bridgehead atoms. The van der Waals surface area contributed by atoms with E-state index in [0.29, 0.717) is 25.0 Å². The smallest absolute Gasteiger partial charge is 0.321 e. The average Bonchev–Trinajstić information content (AvgIpc) is 3.56. The number of urea groups is 1. The second-order valence-electron chi connectivity index (χ2n) is 10.6. The van der Waals surface area contributed by atoms with Gasteiger partial charge in [0.05, 0.1) is 11.4 Å². The largest absolute Gasteiger partial charge is 0.367 e. The number of benzene rings is 1. The van der Waals surface area contributed by atoms with Crippen molar-refractivity contribution in [3.05, 3.63) is 41.5 Å². The van der Waals surface area contributed by atoms with E-state index in [0.717, 1.165) is 56.2 Å². The van der Waals surface area contributed by atoms with Gasteiger partial charge in [-0.2, -0.15) is 0 Å². The Morgan fingerprint density at radius 2 is 1.85 bits per heavy atom. The number of likely N-dealkylation sites (tertiary alicyclic amines) is 1. The van der Waals surface area contributed by atoms with Gasteiger partial charge in [-0.3, -0.25) is 4.90 Å². The first-order chi connectivity index (χ1) is 16.3. The second-order valence-corrected chi connectivity index (χ2v) is 10.6. The Labute approximate surface area is 201 Å². The predicted octanol–water partition coefficient (Wildman–Crippen LogP) is 4.81. The molecule has 8 heteroatoms. The molecule has 3 heterocycles. The van der Waals surface area contributed by atoms with E-state index in [1.54, 1.807) is 11.0 Å². The summed E-state index contributed by atoms with van der Waals surface area (Å²) in [7, 11) is 0. The molecule has 1 aliphatic carbocycles. The third kappa shape index (κ3) is 4.65. The number of anilines is 2. The number of piperidine rings is 1. The molecule has 1 aromatic heterocycles. The number of hydrogen-bond donors (Lipinski definition) is 1. The van der Waals surface area contributed by atoms with Crippen LogP contribution < -0.4 is 10.2 Å². The van der Waals surface area contributed by atoms with Crippen LogP contribution in [0.5, 0.6) is 0 Å². The number of para-hydroxylation sites is 1. The average molecular weight is 470 g/mol. The number of nitrogens with one attached hydrogen (secondary N) is 1. The zero-order chi connectivity index (χ0) is 23.9. The summed E-state index contributed by atoms with van der Waals surface area (Å²) < 4.78 is 20.4. The summed E-state index contributed by atoms with van der Waals surface area (Å²) in [4.78, 5) is 19.5. The molecule has 0 atom stereocenters. The fourth-order valence-corrected chi connectivity index (χ4v) is 5.16. The van der Waals surface area contributed by atoms with Crippen LogP contribution in [0.4, 0.5) is 20.6 Å². The maximum absolute atomic E-state index is 14.9. The van der Waals surface area contributed by atoms with E-state index >= 15 is 0 Å². The highest BCUT2D eigenvalue weighted by atomic mass is 19.1. The number of carbonyl (C=O) groups is 1. The summed E-state index contributed by atoms with van der Waals surface area (Å²) >= 11 is 0. The highest BCUT2D eigenvalue weighted by Gasteiger charge is 2.38.